The number of carbonyl (C=O) groups excluding carboxylic acids is 3. The Balaban J connectivity index is 1.55. The number of alkyl carbamates (subject to hydrolysis) is 1. The van der Waals surface area contributed by atoms with Gasteiger partial charge < -0.3 is 15.0 Å². The normalized spacial score (nSPS) is 19.5. The van der Waals surface area contributed by atoms with Crippen LogP contribution in [0.2, 0.25) is 0 Å². The molecule has 2 aliphatic heterocycles. The first-order chi connectivity index (χ1) is 15.5. The van der Waals surface area contributed by atoms with Crippen molar-refractivity contribution >= 4 is 39.4 Å². The lowest BCUT2D eigenvalue weighted by Crippen LogP contribution is -2.48. The van der Waals surface area contributed by atoms with Gasteiger partial charge in [0.2, 0.25) is 0 Å². The maximum Gasteiger partial charge on any atom is 0.407 e. The van der Waals surface area contributed by atoms with E-state index in [1.807, 2.05) is 36.4 Å². The number of nitrogens with one attached hydrogen (secondary N) is 2. The number of ketones is 1. The first kappa shape index (κ1) is 20.4. The second-order valence-corrected chi connectivity index (χ2v) is 8.66. The largest absolute Gasteiger partial charge is 0.453 e. The molecule has 0 bridgehead atoms. The molecule has 2 amide bonds. The van der Waals surface area contributed by atoms with Gasteiger partial charge in [-0.15, -0.1) is 0 Å². The average molecular weight is 495 g/mol. The molecule has 8 nitrogen and oxygen atoms in total. The highest BCUT2D eigenvalue weighted by Crippen LogP contribution is 2.44. The molecule has 0 aliphatic carbocycles. The predicted octanol–water partition coefficient (Wildman–Crippen LogP) is 3.78. The van der Waals surface area contributed by atoms with Crippen LogP contribution in [0.25, 0.3) is 11.3 Å². The van der Waals surface area contributed by atoms with Gasteiger partial charge in [0.25, 0.3) is 5.91 Å². The van der Waals surface area contributed by atoms with Crippen molar-refractivity contribution in [3.63, 3.8) is 0 Å². The van der Waals surface area contributed by atoms with Gasteiger partial charge in [-0.05, 0) is 29.3 Å². The van der Waals surface area contributed by atoms with E-state index in [1.165, 1.54) is 7.11 Å². The van der Waals surface area contributed by atoms with E-state index in [1.54, 1.807) is 17.2 Å². The summed E-state index contributed by atoms with van der Waals surface area (Å²) in [6.07, 6.45) is 1.37. The van der Waals surface area contributed by atoms with Gasteiger partial charge in [0, 0.05) is 22.9 Å². The zero-order chi connectivity index (χ0) is 22.4. The van der Waals surface area contributed by atoms with E-state index in [4.69, 9.17) is 0 Å². The first-order valence-electron chi connectivity index (χ1n) is 10.1. The molecule has 3 aromatic rings. The van der Waals surface area contributed by atoms with Gasteiger partial charge in [0.05, 0.1) is 30.7 Å². The third-order valence-corrected chi connectivity index (χ3v) is 6.38. The summed E-state index contributed by atoms with van der Waals surface area (Å²) < 4.78 is 5.63. The monoisotopic (exact) mass is 494 g/mol. The van der Waals surface area contributed by atoms with Crippen molar-refractivity contribution in [3.05, 3.63) is 70.1 Å². The highest BCUT2D eigenvalue weighted by molar-refractivity contribution is 9.10. The Morgan fingerprint density at radius 1 is 1.19 bits per heavy atom. The molecule has 0 unspecified atom stereocenters. The number of hydrogen-bond donors (Lipinski definition) is 2. The van der Waals surface area contributed by atoms with Crippen molar-refractivity contribution < 1.29 is 19.1 Å². The number of H-pyrrole nitrogens is 1. The lowest BCUT2D eigenvalue weighted by Gasteiger charge is -2.27. The van der Waals surface area contributed by atoms with Gasteiger partial charge in [0.15, 0.2) is 5.78 Å². The van der Waals surface area contributed by atoms with Gasteiger partial charge in [0.1, 0.15) is 11.9 Å². The van der Waals surface area contributed by atoms with Crippen molar-refractivity contribution in [1.29, 1.82) is 0 Å². The number of aromatic amines is 1. The van der Waals surface area contributed by atoms with Crippen molar-refractivity contribution in [3.8, 4) is 11.3 Å². The van der Waals surface area contributed by atoms with Crippen LogP contribution in [0.5, 0.6) is 0 Å². The third-order valence-electron chi connectivity index (χ3n) is 5.85. The number of halogens is 1. The fraction of sp³-hybridized carbons (Fsp3) is 0.217. The van der Waals surface area contributed by atoms with Crippen molar-refractivity contribution in [2.75, 3.05) is 12.0 Å². The molecular formula is C23H19BrN4O4. The van der Waals surface area contributed by atoms with Crippen LogP contribution in [0, 0.1) is 0 Å². The molecule has 2 N–H and O–H groups in total. The molecule has 162 valence electrons. The number of anilines is 1. The molecule has 2 aromatic carbocycles. The van der Waals surface area contributed by atoms with E-state index >= 15 is 0 Å². The molecule has 0 saturated carbocycles. The Hall–Kier alpha value is -3.46. The number of aromatic nitrogens is 2. The van der Waals surface area contributed by atoms with Crippen LogP contribution < -0.4 is 10.2 Å². The van der Waals surface area contributed by atoms with Crippen LogP contribution in [0.3, 0.4) is 0 Å². The van der Waals surface area contributed by atoms with Crippen LogP contribution in [0.1, 0.15) is 34.2 Å². The zero-order valence-corrected chi connectivity index (χ0v) is 18.7. The number of Topliss-reactive ketones (excluding diaryl/α,β-unsaturated/α-hetero) is 1. The van der Waals surface area contributed by atoms with E-state index < -0.39 is 18.2 Å². The maximum atomic E-state index is 13.5. The number of benzene rings is 2. The van der Waals surface area contributed by atoms with Gasteiger partial charge >= 0.3 is 6.09 Å². The van der Waals surface area contributed by atoms with Crippen LogP contribution in [0.4, 0.5) is 10.5 Å². The summed E-state index contributed by atoms with van der Waals surface area (Å²) in [5.41, 5.74) is 3.77. The van der Waals surface area contributed by atoms with Crippen LogP contribution in [0.15, 0.2) is 53.1 Å². The number of methoxy groups -OCH3 is 1. The number of carbonyl (C=O) groups is 3. The standard InChI is InChI=1S/C23H19BrN4O4/c1-32-23(31)27-16-10-19(29)15-4-2-3-13-9-18(28(20(13)15)22(16)30)21-25-11-17(26-21)12-5-7-14(24)8-6-12/h2-8,11,16,18H,9-10H2,1H3,(H,25,26)(H,27,31)/t16-,18-/m0/s1. The smallest absolute Gasteiger partial charge is 0.407 e. The Morgan fingerprint density at radius 2 is 1.97 bits per heavy atom. The number of amides is 2. The van der Waals surface area contributed by atoms with Gasteiger partial charge in [-0.25, -0.2) is 9.78 Å². The van der Waals surface area contributed by atoms with Crippen molar-refractivity contribution in [1.82, 2.24) is 15.3 Å². The number of hydrogen-bond acceptors (Lipinski definition) is 5. The molecule has 1 aromatic heterocycles. The van der Waals surface area contributed by atoms with E-state index in [-0.39, 0.29) is 18.1 Å². The summed E-state index contributed by atoms with van der Waals surface area (Å²) in [5, 5.41) is 2.51. The van der Waals surface area contributed by atoms with Crippen LogP contribution >= 0.6 is 15.9 Å². The molecular weight excluding hydrogens is 476 g/mol. The number of ether oxygens (including phenoxy) is 1. The molecule has 0 spiro atoms. The quantitative estimate of drug-likeness (QED) is 0.576. The van der Waals surface area contributed by atoms with Gasteiger partial charge in [-0.1, -0.05) is 40.2 Å². The van der Waals surface area contributed by atoms with Gasteiger partial charge in [-0.2, -0.15) is 0 Å². The van der Waals surface area contributed by atoms with E-state index in [0.717, 1.165) is 21.3 Å². The van der Waals surface area contributed by atoms with E-state index in [0.29, 0.717) is 23.5 Å². The van der Waals surface area contributed by atoms with Gasteiger partial charge in [-0.3, -0.25) is 14.5 Å². The molecule has 3 heterocycles. The Morgan fingerprint density at radius 3 is 2.72 bits per heavy atom. The fourth-order valence-electron chi connectivity index (χ4n) is 4.35. The minimum Gasteiger partial charge on any atom is -0.453 e. The number of rotatable bonds is 3. The SMILES string of the molecule is COC(=O)N[C@H]1CC(=O)c2cccc3c2N(C1=O)[C@H](c1ncc(-c2ccc(Br)cc2)[nH]1)C3. The number of nitrogens with zero attached hydrogens (tertiary/aromatic N) is 2. The molecule has 2 aliphatic rings. The lowest BCUT2D eigenvalue weighted by atomic mass is 10.0. The second kappa shape index (κ2) is 7.90. The minimum absolute atomic E-state index is 0.129. The maximum absolute atomic E-state index is 13.5. The van der Waals surface area contributed by atoms with Crippen LogP contribution in [-0.4, -0.2) is 40.9 Å². The van der Waals surface area contributed by atoms with Crippen LogP contribution in [-0.2, 0) is 16.0 Å². The molecule has 32 heavy (non-hydrogen) atoms. The Bertz CT molecular complexity index is 1240. The molecule has 5 rings (SSSR count). The van der Waals surface area contributed by atoms with E-state index in [9.17, 15) is 14.4 Å². The Kier molecular flexibility index (Phi) is 5.05. The molecule has 0 saturated heterocycles. The summed E-state index contributed by atoms with van der Waals surface area (Å²) in [7, 11) is 1.22. The number of imidazole rings is 1. The average Bonchev–Trinajstić information content (AvgIpc) is 3.40. The molecule has 9 heteroatoms. The first-order valence-corrected chi connectivity index (χ1v) is 10.9. The third kappa shape index (κ3) is 3.38. The predicted molar refractivity (Wildman–Crippen MR) is 120 cm³/mol. The van der Waals surface area contributed by atoms with Crippen molar-refractivity contribution in [2.45, 2.75) is 24.9 Å². The fourth-order valence-corrected chi connectivity index (χ4v) is 4.61. The minimum atomic E-state index is -1.02. The summed E-state index contributed by atoms with van der Waals surface area (Å²) in [6.45, 7) is 0. The summed E-state index contributed by atoms with van der Waals surface area (Å²) in [4.78, 5) is 47.8. The highest BCUT2D eigenvalue weighted by Gasteiger charge is 2.45. The summed E-state index contributed by atoms with van der Waals surface area (Å²) in [6, 6.07) is 11.8. The molecule has 0 radical (unpaired) electrons. The van der Waals surface area contributed by atoms with E-state index in [2.05, 4.69) is 36.0 Å². The molecule has 0 fully saturated rings. The second-order valence-electron chi connectivity index (χ2n) is 7.75. The topological polar surface area (TPSA) is 104 Å². The summed E-state index contributed by atoms with van der Waals surface area (Å²) >= 11 is 3.43. The van der Waals surface area contributed by atoms with Crippen molar-refractivity contribution in [2.24, 2.45) is 0 Å². The summed E-state index contributed by atoms with van der Waals surface area (Å²) in [5.74, 6) is 0.0541. The number of para-hydroxylation sites is 1. The zero-order valence-electron chi connectivity index (χ0n) is 17.1. The lowest BCUT2D eigenvalue weighted by molar-refractivity contribution is -0.120. The molecule has 2 atom stereocenters. The Labute approximate surface area is 192 Å². The highest BCUT2D eigenvalue weighted by atomic mass is 79.9.